The third kappa shape index (κ3) is 4.43. The second-order valence-electron chi connectivity index (χ2n) is 3.83. The number of anilines is 1. The number of carbonyl (C=O) groups excluding carboxylic acids is 1. The largest absolute Gasteiger partial charge is 1.00 e. The zero-order valence-electron chi connectivity index (χ0n) is 10.2. The van der Waals surface area contributed by atoms with Crippen molar-refractivity contribution in [2.45, 2.75) is 6.92 Å². The number of amides is 2. The summed E-state index contributed by atoms with van der Waals surface area (Å²) in [6.07, 6.45) is 3.46. The summed E-state index contributed by atoms with van der Waals surface area (Å²) in [4.78, 5) is 11.7. The molecular formula is C13H13Cl2N3O. The second kappa shape index (κ2) is 6.97. The molecule has 0 saturated carbocycles. The average Bonchev–Trinajstić information content (AvgIpc) is 2.34. The van der Waals surface area contributed by atoms with Crippen LogP contribution in [0.2, 0.25) is 5.02 Å². The van der Waals surface area contributed by atoms with E-state index in [0.717, 1.165) is 5.56 Å². The summed E-state index contributed by atoms with van der Waals surface area (Å²) >= 11 is 6.03. The number of hydrogen-bond acceptors (Lipinski definition) is 1. The number of carbonyl (C=O) groups is 1. The molecule has 1 aromatic carbocycles. The first kappa shape index (κ1) is 15.3. The van der Waals surface area contributed by atoms with E-state index in [1.807, 2.05) is 31.2 Å². The van der Waals surface area contributed by atoms with E-state index in [0.29, 0.717) is 10.7 Å². The van der Waals surface area contributed by atoms with Crippen LogP contribution in [0, 0.1) is 6.92 Å². The van der Waals surface area contributed by atoms with E-state index in [-0.39, 0.29) is 18.4 Å². The standard InChI is InChI=1S/C13H12ClN3O.ClH/c1-10-5-6-12(11(14)9-10)15-13(18)16-17-7-3-2-4-8-17;/h2-9H,1H3,(H-,15,16,18);1H. The smallest absolute Gasteiger partial charge is 0.372 e. The molecule has 100 valence electrons. The molecule has 2 aromatic rings. The van der Waals surface area contributed by atoms with Gasteiger partial charge < -0.3 is 17.7 Å². The van der Waals surface area contributed by atoms with Crippen molar-refractivity contribution in [3.8, 4) is 0 Å². The predicted octanol–water partition coefficient (Wildman–Crippen LogP) is -0.284. The zero-order valence-corrected chi connectivity index (χ0v) is 11.7. The Kier molecular flexibility index (Phi) is 5.60. The topological polar surface area (TPSA) is 45.0 Å². The van der Waals surface area contributed by atoms with Crippen LogP contribution in [0.15, 0.2) is 48.8 Å². The zero-order chi connectivity index (χ0) is 13.0. The van der Waals surface area contributed by atoms with E-state index < -0.39 is 0 Å². The molecule has 1 heterocycles. The molecule has 0 aliphatic rings. The number of hydrogen-bond donors (Lipinski definition) is 2. The predicted molar refractivity (Wildman–Crippen MR) is 71.2 cm³/mol. The highest BCUT2D eigenvalue weighted by Crippen LogP contribution is 2.22. The van der Waals surface area contributed by atoms with Gasteiger partial charge in [-0.15, -0.1) is 5.43 Å². The fourth-order valence-corrected chi connectivity index (χ4v) is 1.74. The van der Waals surface area contributed by atoms with Gasteiger partial charge in [-0.05, 0) is 24.6 Å². The minimum atomic E-state index is -0.350. The molecule has 0 atom stereocenters. The Bertz CT molecular complexity index is 561. The third-order valence-corrected chi connectivity index (χ3v) is 2.63. The summed E-state index contributed by atoms with van der Waals surface area (Å²) < 4.78 is 1.55. The second-order valence-corrected chi connectivity index (χ2v) is 4.24. The lowest BCUT2D eigenvalue weighted by Crippen LogP contribution is -3.00. The highest BCUT2D eigenvalue weighted by molar-refractivity contribution is 6.33. The number of aromatic nitrogens is 1. The van der Waals surface area contributed by atoms with Gasteiger partial charge >= 0.3 is 6.03 Å². The number of rotatable bonds is 2. The van der Waals surface area contributed by atoms with Crippen molar-refractivity contribution < 1.29 is 21.9 Å². The number of urea groups is 1. The van der Waals surface area contributed by atoms with Crippen molar-refractivity contribution in [3.63, 3.8) is 0 Å². The third-order valence-electron chi connectivity index (χ3n) is 2.32. The maximum Gasteiger partial charge on any atom is 0.372 e. The summed E-state index contributed by atoms with van der Waals surface area (Å²) in [7, 11) is 0. The average molecular weight is 298 g/mol. The van der Waals surface area contributed by atoms with Crippen LogP contribution in [-0.4, -0.2) is 6.03 Å². The Hall–Kier alpha value is -1.78. The number of benzene rings is 1. The van der Waals surface area contributed by atoms with Gasteiger partial charge in [-0.25, -0.2) is 4.79 Å². The molecule has 2 rings (SSSR count). The van der Waals surface area contributed by atoms with Gasteiger partial charge in [0, 0.05) is 12.1 Å². The first-order valence-corrected chi connectivity index (χ1v) is 5.83. The van der Waals surface area contributed by atoms with Gasteiger partial charge in [-0.3, -0.25) is 0 Å². The lowest BCUT2D eigenvalue weighted by molar-refractivity contribution is -0.641. The van der Waals surface area contributed by atoms with Gasteiger partial charge in [0.1, 0.15) is 0 Å². The first-order valence-electron chi connectivity index (χ1n) is 5.45. The van der Waals surface area contributed by atoms with Gasteiger partial charge in [0.15, 0.2) is 12.4 Å². The van der Waals surface area contributed by atoms with Crippen LogP contribution in [0.1, 0.15) is 5.56 Å². The molecule has 0 radical (unpaired) electrons. The van der Waals surface area contributed by atoms with Crippen molar-refractivity contribution in [3.05, 3.63) is 59.4 Å². The number of aryl methyl sites for hydroxylation is 1. The van der Waals surface area contributed by atoms with E-state index in [4.69, 9.17) is 11.6 Å². The van der Waals surface area contributed by atoms with Crippen LogP contribution < -0.4 is 27.8 Å². The van der Waals surface area contributed by atoms with Crippen LogP contribution in [0.4, 0.5) is 10.5 Å². The van der Waals surface area contributed by atoms with Crippen LogP contribution in [0.3, 0.4) is 0 Å². The quantitative estimate of drug-likeness (QED) is 0.736. The Morgan fingerprint density at radius 2 is 1.89 bits per heavy atom. The van der Waals surface area contributed by atoms with Crippen molar-refractivity contribution >= 4 is 23.3 Å². The van der Waals surface area contributed by atoms with Gasteiger partial charge in [0.2, 0.25) is 0 Å². The maximum absolute atomic E-state index is 11.7. The molecule has 0 spiro atoms. The highest BCUT2D eigenvalue weighted by Gasteiger charge is 2.09. The van der Waals surface area contributed by atoms with Crippen LogP contribution in [-0.2, 0) is 0 Å². The minimum absolute atomic E-state index is 0. The molecule has 1 aromatic heterocycles. The minimum Gasteiger partial charge on any atom is -1.00 e. The van der Waals surface area contributed by atoms with E-state index in [2.05, 4.69) is 10.7 Å². The molecule has 0 bridgehead atoms. The SMILES string of the molecule is Cc1ccc(NC(=O)N[n+]2ccccc2)c(Cl)c1.[Cl-]. The normalized spacial score (nSPS) is 9.37. The molecule has 0 aliphatic heterocycles. The molecule has 6 heteroatoms. The van der Waals surface area contributed by atoms with Gasteiger partial charge in [-0.2, -0.15) is 0 Å². The summed E-state index contributed by atoms with van der Waals surface area (Å²) in [5.41, 5.74) is 4.26. The summed E-state index contributed by atoms with van der Waals surface area (Å²) in [6.45, 7) is 1.94. The monoisotopic (exact) mass is 297 g/mol. The van der Waals surface area contributed by atoms with Gasteiger partial charge in [-0.1, -0.05) is 28.4 Å². The number of pyridine rings is 1. The van der Waals surface area contributed by atoms with E-state index in [9.17, 15) is 4.79 Å². The van der Waals surface area contributed by atoms with Crippen molar-refractivity contribution in [1.29, 1.82) is 0 Å². The molecule has 2 N–H and O–H groups in total. The lowest BCUT2D eigenvalue weighted by Gasteiger charge is -2.06. The fraction of sp³-hybridized carbons (Fsp3) is 0.0769. The first-order chi connectivity index (χ1) is 8.65. The maximum atomic E-state index is 11.7. The Balaban J connectivity index is 0.00000180. The van der Waals surface area contributed by atoms with E-state index >= 15 is 0 Å². The summed E-state index contributed by atoms with van der Waals surface area (Å²) in [5, 5.41) is 3.20. The molecule has 0 aliphatic carbocycles. The summed E-state index contributed by atoms with van der Waals surface area (Å²) in [6, 6.07) is 10.6. The number of nitrogens with zero attached hydrogens (tertiary/aromatic N) is 1. The lowest BCUT2D eigenvalue weighted by atomic mass is 10.2. The highest BCUT2D eigenvalue weighted by atomic mass is 35.5. The molecule has 0 fully saturated rings. The van der Waals surface area contributed by atoms with E-state index in [1.54, 1.807) is 29.2 Å². The van der Waals surface area contributed by atoms with Crippen molar-refractivity contribution in [2.75, 3.05) is 10.7 Å². The van der Waals surface area contributed by atoms with Crippen molar-refractivity contribution in [1.82, 2.24) is 0 Å². The number of nitrogens with one attached hydrogen (secondary N) is 2. The summed E-state index contributed by atoms with van der Waals surface area (Å²) in [5.74, 6) is 0. The molecule has 0 unspecified atom stereocenters. The van der Waals surface area contributed by atoms with Crippen LogP contribution in [0.25, 0.3) is 0 Å². The molecular weight excluding hydrogens is 285 g/mol. The Labute approximate surface area is 122 Å². The van der Waals surface area contributed by atoms with Gasteiger partial charge in [0.05, 0.1) is 10.7 Å². The molecule has 2 amide bonds. The number of halogens is 2. The Morgan fingerprint density at radius 1 is 1.21 bits per heavy atom. The van der Waals surface area contributed by atoms with Crippen LogP contribution in [0.5, 0.6) is 0 Å². The van der Waals surface area contributed by atoms with Crippen molar-refractivity contribution in [2.24, 2.45) is 0 Å². The molecule has 19 heavy (non-hydrogen) atoms. The van der Waals surface area contributed by atoms with Crippen LogP contribution >= 0.6 is 11.6 Å². The van der Waals surface area contributed by atoms with Gasteiger partial charge in [0.25, 0.3) is 0 Å². The van der Waals surface area contributed by atoms with E-state index in [1.165, 1.54) is 0 Å². The molecule has 4 nitrogen and oxygen atoms in total. The molecule has 0 saturated heterocycles. The Morgan fingerprint density at radius 3 is 2.53 bits per heavy atom. The fourth-order valence-electron chi connectivity index (χ4n) is 1.46.